The van der Waals surface area contributed by atoms with Gasteiger partial charge in [-0.1, -0.05) is 0 Å². The van der Waals surface area contributed by atoms with Crippen LogP contribution in [0.5, 0.6) is 11.5 Å². The Morgan fingerprint density at radius 1 is 1.33 bits per heavy atom. The number of methoxy groups -OCH3 is 1. The van der Waals surface area contributed by atoms with Gasteiger partial charge in [0, 0.05) is 12.1 Å². The van der Waals surface area contributed by atoms with Crippen molar-refractivity contribution in [2.75, 3.05) is 14.2 Å². The highest BCUT2D eigenvalue weighted by Crippen LogP contribution is 2.24. The number of benzene rings is 1. The van der Waals surface area contributed by atoms with E-state index in [4.69, 9.17) is 9.47 Å². The summed E-state index contributed by atoms with van der Waals surface area (Å²) >= 11 is 0. The third-order valence-corrected chi connectivity index (χ3v) is 2.00. The van der Waals surface area contributed by atoms with E-state index < -0.39 is 0 Å². The van der Waals surface area contributed by atoms with E-state index in [1.807, 2.05) is 39.1 Å². The molecule has 0 amide bonds. The first-order valence-electron chi connectivity index (χ1n) is 5.15. The summed E-state index contributed by atoms with van der Waals surface area (Å²) in [6.07, 6.45) is 0.189. The number of hydrogen-bond donors (Lipinski definition) is 1. The average molecular weight is 209 g/mol. The van der Waals surface area contributed by atoms with Gasteiger partial charge in [-0.05, 0) is 39.1 Å². The second-order valence-electron chi connectivity index (χ2n) is 3.67. The van der Waals surface area contributed by atoms with Crippen molar-refractivity contribution in [3.05, 3.63) is 23.8 Å². The predicted molar refractivity (Wildman–Crippen MR) is 61.5 cm³/mol. The first-order chi connectivity index (χ1) is 7.17. The van der Waals surface area contributed by atoms with Crippen molar-refractivity contribution >= 4 is 0 Å². The Hall–Kier alpha value is -1.22. The van der Waals surface area contributed by atoms with Crippen molar-refractivity contribution in [3.63, 3.8) is 0 Å². The van der Waals surface area contributed by atoms with Crippen LogP contribution in [-0.2, 0) is 6.54 Å². The Balaban J connectivity index is 2.92. The molecule has 0 spiro atoms. The van der Waals surface area contributed by atoms with Gasteiger partial charge in [0.1, 0.15) is 11.5 Å². The normalized spacial score (nSPS) is 10.5. The molecule has 0 heterocycles. The summed E-state index contributed by atoms with van der Waals surface area (Å²) in [5.41, 5.74) is 1.12. The molecular formula is C12H19NO2. The molecule has 0 saturated heterocycles. The topological polar surface area (TPSA) is 30.5 Å². The Morgan fingerprint density at radius 2 is 2.07 bits per heavy atom. The van der Waals surface area contributed by atoms with Gasteiger partial charge in [0.05, 0.1) is 13.2 Å². The van der Waals surface area contributed by atoms with Gasteiger partial charge in [-0.2, -0.15) is 0 Å². The molecule has 0 aliphatic carbocycles. The summed E-state index contributed by atoms with van der Waals surface area (Å²) in [4.78, 5) is 0. The Bertz CT molecular complexity index is 310. The van der Waals surface area contributed by atoms with Gasteiger partial charge in [-0.25, -0.2) is 0 Å². The molecule has 0 aromatic heterocycles. The minimum Gasteiger partial charge on any atom is -0.497 e. The highest BCUT2D eigenvalue weighted by Gasteiger charge is 2.06. The smallest absolute Gasteiger partial charge is 0.124 e. The molecule has 0 saturated carbocycles. The quantitative estimate of drug-likeness (QED) is 0.806. The van der Waals surface area contributed by atoms with Crippen LogP contribution in [-0.4, -0.2) is 20.3 Å². The zero-order valence-electron chi connectivity index (χ0n) is 9.83. The molecule has 1 aromatic rings. The molecule has 0 fully saturated rings. The fourth-order valence-corrected chi connectivity index (χ4v) is 1.38. The summed E-state index contributed by atoms with van der Waals surface area (Å²) in [5, 5.41) is 3.11. The third kappa shape index (κ3) is 3.44. The van der Waals surface area contributed by atoms with Gasteiger partial charge in [0.2, 0.25) is 0 Å². The fraction of sp³-hybridized carbons (Fsp3) is 0.500. The van der Waals surface area contributed by atoms with Crippen LogP contribution in [0.15, 0.2) is 18.2 Å². The van der Waals surface area contributed by atoms with E-state index in [1.54, 1.807) is 7.11 Å². The molecule has 84 valence electrons. The van der Waals surface area contributed by atoms with Crippen molar-refractivity contribution in [1.82, 2.24) is 5.32 Å². The predicted octanol–water partition coefficient (Wildman–Crippen LogP) is 2.20. The molecule has 0 atom stereocenters. The maximum atomic E-state index is 5.70. The number of nitrogens with one attached hydrogen (secondary N) is 1. The second kappa shape index (κ2) is 5.61. The second-order valence-corrected chi connectivity index (χ2v) is 3.67. The van der Waals surface area contributed by atoms with Crippen LogP contribution in [0.1, 0.15) is 19.4 Å². The van der Waals surface area contributed by atoms with E-state index in [0.717, 1.165) is 23.6 Å². The number of ether oxygens (including phenoxy) is 2. The largest absolute Gasteiger partial charge is 0.497 e. The minimum absolute atomic E-state index is 0.189. The average Bonchev–Trinajstić information content (AvgIpc) is 2.20. The van der Waals surface area contributed by atoms with Crippen molar-refractivity contribution in [2.24, 2.45) is 0 Å². The lowest BCUT2D eigenvalue weighted by molar-refractivity contribution is 0.239. The van der Waals surface area contributed by atoms with E-state index in [9.17, 15) is 0 Å². The first kappa shape index (κ1) is 11.9. The zero-order valence-corrected chi connectivity index (χ0v) is 9.83. The standard InChI is InChI=1S/C12H19NO2/c1-9(2)15-12-6-5-11(14-4)7-10(12)8-13-3/h5-7,9,13H,8H2,1-4H3. The Morgan fingerprint density at radius 3 is 2.60 bits per heavy atom. The summed E-state index contributed by atoms with van der Waals surface area (Å²) in [6.45, 7) is 4.82. The lowest BCUT2D eigenvalue weighted by atomic mass is 10.2. The van der Waals surface area contributed by atoms with Gasteiger partial charge in [-0.15, -0.1) is 0 Å². The number of rotatable bonds is 5. The van der Waals surface area contributed by atoms with Crippen LogP contribution in [0.3, 0.4) is 0 Å². The van der Waals surface area contributed by atoms with Crippen molar-refractivity contribution in [2.45, 2.75) is 26.5 Å². The molecule has 15 heavy (non-hydrogen) atoms. The summed E-state index contributed by atoms with van der Waals surface area (Å²) in [5.74, 6) is 1.77. The summed E-state index contributed by atoms with van der Waals surface area (Å²) in [6, 6.07) is 5.86. The fourth-order valence-electron chi connectivity index (χ4n) is 1.38. The monoisotopic (exact) mass is 209 g/mol. The molecule has 3 heteroatoms. The highest BCUT2D eigenvalue weighted by atomic mass is 16.5. The number of hydrogen-bond acceptors (Lipinski definition) is 3. The summed E-state index contributed by atoms with van der Waals surface area (Å²) < 4.78 is 10.9. The lowest BCUT2D eigenvalue weighted by Crippen LogP contribution is -2.11. The molecule has 0 radical (unpaired) electrons. The zero-order chi connectivity index (χ0) is 11.3. The molecular weight excluding hydrogens is 190 g/mol. The minimum atomic E-state index is 0.189. The van der Waals surface area contributed by atoms with Gasteiger partial charge < -0.3 is 14.8 Å². The van der Waals surface area contributed by atoms with Crippen LogP contribution in [0.4, 0.5) is 0 Å². The van der Waals surface area contributed by atoms with Crippen molar-refractivity contribution in [3.8, 4) is 11.5 Å². The molecule has 0 aliphatic heterocycles. The van der Waals surface area contributed by atoms with E-state index in [0.29, 0.717) is 0 Å². The Labute approximate surface area is 91.4 Å². The third-order valence-electron chi connectivity index (χ3n) is 2.00. The molecule has 0 unspecified atom stereocenters. The molecule has 0 aliphatic rings. The van der Waals surface area contributed by atoms with Crippen molar-refractivity contribution < 1.29 is 9.47 Å². The SMILES string of the molecule is CNCc1cc(OC)ccc1OC(C)C. The molecule has 1 rings (SSSR count). The van der Waals surface area contributed by atoms with Crippen LogP contribution in [0.2, 0.25) is 0 Å². The maximum Gasteiger partial charge on any atom is 0.124 e. The molecule has 0 bridgehead atoms. The highest BCUT2D eigenvalue weighted by molar-refractivity contribution is 5.40. The van der Waals surface area contributed by atoms with Gasteiger partial charge >= 0.3 is 0 Å². The van der Waals surface area contributed by atoms with Crippen LogP contribution in [0, 0.1) is 0 Å². The molecule has 3 nitrogen and oxygen atoms in total. The van der Waals surface area contributed by atoms with Crippen LogP contribution in [0.25, 0.3) is 0 Å². The van der Waals surface area contributed by atoms with E-state index in [2.05, 4.69) is 5.32 Å². The van der Waals surface area contributed by atoms with E-state index in [-0.39, 0.29) is 6.10 Å². The lowest BCUT2D eigenvalue weighted by Gasteiger charge is -2.15. The molecule has 1 aromatic carbocycles. The summed E-state index contributed by atoms with van der Waals surface area (Å²) in [7, 11) is 3.58. The van der Waals surface area contributed by atoms with Crippen LogP contribution < -0.4 is 14.8 Å². The molecule has 1 N–H and O–H groups in total. The van der Waals surface area contributed by atoms with E-state index >= 15 is 0 Å². The van der Waals surface area contributed by atoms with E-state index in [1.165, 1.54) is 0 Å². The van der Waals surface area contributed by atoms with Crippen LogP contribution >= 0.6 is 0 Å². The van der Waals surface area contributed by atoms with Gasteiger partial charge in [0.25, 0.3) is 0 Å². The van der Waals surface area contributed by atoms with Gasteiger partial charge in [-0.3, -0.25) is 0 Å². The van der Waals surface area contributed by atoms with Crippen molar-refractivity contribution in [1.29, 1.82) is 0 Å². The maximum absolute atomic E-state index is 5.70. The Kier molecular flexibility index (Phi) is 4.43. The first-order valence-corrected chi connectivity index (χ1v) is 5.15. The van der Waals surface area contributed by atoms with Gasteiger partial charge in [0.15, 0.2) is 0 Å².